The molecule has 0 saturated carbocycles. The maximum absolute atomic E-state index is 3.26. The third-order valence-corrected chi connectivity index (χ3v) is 4.09. The third kappa shape index (κ3) is 3.84. The summed E-state index contributed by atoms with van der Waals surface area (Å²) in [5, 5.41) is 2.44. The highest BCUT2D eigenvalue weighted by Gasteiger charge is 1.94. The van der Waals surface area contributed by atoms with Crippen molar-refractivity contribution in [1.29, 1.82) is 0 Å². The number of rotatable bonds is 0. The van der Waals surface area contributed by atoms with Gasteiger partial charge in [-0.05, 0) is 53.2 Å². The number of hydrogen-bond acceptors (Lipinski definition) is 0. The standard InChI is InChI=1S/C26H16/c1-2-7-21(8-3-1)13-14-22-9-6-10-23(19-22)15-16-24-17-18-25-11-4-5-12-26(25)20-24/h1-12,17-20H. The molecule has 0 aliphatic heterocycles. The molecule has 0 atom stereocenters. The first-order valence-electron chi connectivity index (χ1n) is 8.55. The summed E-state index contributed by atoms with van der Waals surface area (Å²) < 4.78 is 0. The minimum absolute atomic E-state index is 0.970. The second-order valence-electron chi connectivity index (χ2n) is 6.01. The van der Waals surface area contributed by atoms with Crippen LogP contribution in [0.25, 0.3) is 10.8 Å². The molecule has 0 amide bonds. The Bertz CT molecular complexity index is 1180. The molecule has 0 fully saturated rings. The third-order valence-electron chi connectivity index (χ3n) is 4.09. The average Bonchev–Trinajstić information content (AvgIpc) is 2.72. The highest BCUT2D eigenvalue weighted by Crippen LogP contribution is 2.15. The predicted octanol–water partition coefficient (Wildman–Crippen LogP) is 5.64. The SMILES string of the molecule is C(#Cc1cccc(C#Cc2ccc3ccccc3c2)c1)c1ccccc1. The van der Waals surface area contributed by atoms with Crippen LogP contribution >= 0.6 is 0 Å². The van der Waals surface area contributed by atoms with E-state index in [0.717, 1.165) is 22.3 Å². The largest absolute Gasteiger partial charge is 0.0622 e. The van der Waals surface area contributed by atoms with Crippen molar-refractivity contribution in [3.63, 3.8) is 0 Å². The highest BCUT2D eigenvalue weighted by atomic mass is 14.0. The Morgan fingerprint density at radius 2 is 0.885 bits per heavy atom. The summed E-state index contributed by atoms with van der Waals surface area (Å²) >= 11 is 0. The van der Waals surface area contributed by atoms with E-state index in [-0.39, 0.29) is 0 Å². The summed E-state index contributed by atoms with van der Waals surface area (Å²) in [5.41, 5.74) is 3.97. The van der Waals surface area contributed by atoms with Crippen molar-refractivity contribution in [2.45, 2.75) is 0 Å². The maximum Gasteiger partial charge on any atom is 0.0261 e. The van der Waals surface area contributed by atoms with E-state index in [2.05, 4.69) is 66.1 Å². The first kappa shape index (κ1) is 15.8. The van der Waals surface area contributed by atoms with Crippen molar-refractivity contribution in [2.24, 2.45) is 0 Å². The fourth-order valence-electron chi connectivity index (χ4n) is 2.75. The van der Waals surface area contributed by atoms with Gasteiger partial charge in [-0.25, -0.2) is 0 Å². The summed E-state index contributed by atoms with van der Waals surface area (Å²) in [7, 11) is 0. The van der Waals surface area contributed by atoms with Crippen LogP contribution < -0.4 is 0 Å². The quantitative estimate of drug-likeness (QED) is 0.366. The van der Waals surface area contributed by atoms with E-state index in [4.69, 9.17) is 0 Å². The molecule has 0 unspecified atom stereocenters. The zero-order valence-corrected chi connectivity index (χ0v) is 14.2. The number of hydrogen-bond donors (Lipinski definition) is 0. The summed E-state index contributed by atoms with van der Waals surface area (Å²) in [5.74, 6) is 12.9. The van der Waals surface area contributed by atoms with Crippen molar-refractivity contribution in [3.05, 3.63) is 119 Å². The van der Waals surface area contributed by atoms with Gasteiger partial charge in [0.15, 0.2) is 0 Å². The minimum atomic E-state index is 0.970. The Kier molecular flexibility index (Phi) is 4.51. The van der Waals surface area contributed by atoms with Crippen LogP contribution in [0.1, 0.15) is 22.3 Å². The molecule has 4 aromatic carbocycles. The molecule has 4 rings (SSSR count). The fraction of sp³-hybridized carbons (Fsp3) is 0. The van der Waals surface area contributed by atoms with Gasteiger partial charge in [0, 0.05) is 22.3 Å². The fourth-order valence-corrected chi connectivity index (χ4v) is 2.75. The van der Waals surface area contributed by atoms with Gasteiger partial charge in [0.25, 0.3) is 0 Å². The van der Waals surface area contributed by atoms with E-state index < -0.39 is 0 Å². The second-order valence-corrected chi connectivity index (χ2v) is 6.01. The minimum Gasteiger partial charge on any atom is -0.0622 e. The maximum atomic E-state index is 3.26. The summed E-state index contributed by atoms with van der Waals surface area (Å²) in [6, 6.07) is 32.7. The lowest BCUT2D eigenvalue weighted by Gasteiger charge is -1.97. The molecule has 0 bridgehead atoms. The van der Waals surface area contributed by atoms with Crippen LogP contribution in [0.5, 0.6) is 0 Å². The van der Waals surface area contributed by atoms with Gasteiger partial charge in [-0.1, -0.05) is 78.3 Å². The van der Waals surface area contributed by atoms with Crippen LogP contribution in [-0.2, 0) is 0 Å². The highest BCUT2D eigenvalue weighted by molar-refractivity contribution is 5.83. The zero-order valence-electron chi connectivity index (χ0n) is 14.2. The van der Waals surface area contributed by atoms with Gasteiger partial charge in [0.1, 0.15) is 0 Å². The van der Waals surface area contributed by atoms with E-state index in [1.807, 2.05) is 54.6 Å². The number of fused-ring (bicyclic) bond motifs is 1. The number of benzene rings is 4. The zero-order chi connectivity index (χ0) is 17.6. The topological polar surface area (TPSA) is 0 Å². The molecule has 0 N–H and O–H groups in total. The van der Waals surface area contributed by atoms with Crippen LogP contribution in [-0.4, -0.2) is 0 Å². The lowest BCUT2D eigenvalue weighted by molar-refractivity contribution is 1.59. The summed E-state index contributed by atoms with van der Waals surface area (Å²) in [6.45, 7) is 0. The molecule has 0 radical (unpaired) electrons. The van der Waals surface area contributed by atoms with E-state index in [1.54, 1.807) is 0 Å². The monoisotopic (exact) mass is 328 g/mol. The van der Waals surface area contributed by atoms with E-state index in [0.29, 0.717) is 0 Å². The van der Waals surface area contributed by atoms with Crippen LogP contribution in [0.2, 0.25) is 0 Å². The van der Waals surface area contributed by atoms with Gasteiger partial charge in [0.2, 0.25) is 0 Å². The molecule has 0 aliphatic rings. The second kappa shape index (κ2) is 7.43. The normalized spacial score (nSPS) is 9.69. The van der Waals surface area contributed by atoms with Gasteiger partial charge >= 0.3 is 0 Å². The molecule has 4 aromatic rings. The molecule has 0 aliphatic carbocycles. The van der Waals surface area contributed by atoms with Crippen LogP contribution in [0.15, 0.2) is 97.1 Å². The molecular weight excluding hydrogens is 312 g/mol. The molecule has 26 heavy (non-hydrogen) atoms. The summed E-state index contributed by atoms with van der Waals surface area (Å²) in [6.07, 6.45) is 0. The van der Waals surface area contributed by atoms with E-state index in [1.165, 1.54) is 10.8 Å². The lowest BCUT2D eigenvalue weighted by atomic mass is 10.1. The molecule has 0 heterocycles. The Morgan fingerprint density at radius 3 is 1.62 bits per heavy atom. The lowest BCUT2D eigenvalue weighted by Crippen LogP contribution is -1.80. The van der Waals surface area contributed by atoms with Gasteiger partial charge in [-0.3, -0.25) is 0 Å². The molecule has 120 valence electrons. The van der Waals surface area contributed by atoms with Crippen molar-refractivity contribution in [2.75, 3.05) is 0 Å². The van der Waals surface area contributed by atoms with Crippen molar-refractivity contribution in [3.8, 4) is 23.7 Å². The van der Waals surface area contributed by atoms with Gasteiger partial charge in [0.05, 0.1) is 0 Å². The van der Waals surface area contributed by atoms with E-state index in [9.17, 15) is 0 Å². The van der Waals surface area contributed by atoms with Gasteiger partial charge < -0.3 is 0 Å². The van der Waals surface area contributed by atoms with Gasteiger partial charge in [-0.2, -0.15) is 0 Å². The Labute approximate surface area is 154 Å². The molecular formula is C26H16. The van der Waals surface area contributed by atoms with Crippen LogP contribution in [0, 0.1) is 23.7 Å². The molecule has 0 saturated heterocycles. The molecule has 0 aromatic heterocycles. The predicted molar refractivity (Wildman–Crippen MR) is 109 cm³/mol. The van der Waals surface area contributed by atoms with Crippen LogP contribution in [0.4, 0.5) is 0 Å². The van der Waals surface area contributed by atoms with Gasteiger partial charge in [-0.15, -0.1) is 0 Å². The molecule has 0 spiro atoms. The van der Waals surface area contributed by atoms with Crippen molar-refractivity contribution < 1.29 is 0 Å². The first-order chi connectivity index (χ1) is 12.9. The van der Waals surface area contributed by atoms with Crippen LogP contribution in [0.3, 0.4) is 0 Å². The van der Waals surface area contributed by atoms with Crippen molar-refractivity contribution >= 4 is 10.8 Å². The Hall–Kier alpha value is -3.74. The average molecular weight is 328 g/mol. The molecule has 0 heteroatoms. The Morgan fingerprint density at radius 1 is 0.346 bits per heavy atom. The van der Waals surface area contributed by atoms with Crippen molar-refractivity contribution in [1.82, 2.24) is 0 Å². The Balaban J connectivity index is 1.59. The van der Waals surface area contributed by atoms with E-state index >= 15 is 0 Å². The smallest absolute Gasteiger partial charge is 0.0261 e. The first-order valence-corrected chi connectivity index (χ1v) is 8.55. The summed E-state index contributed by atoms with van der Waals surface area (Å²) in [4.78, 5) is 0. The molecule has 0 nitrogen and oxygen atoms in total.